The van der Waals surface area contributed by atoms with Crippen LogP contribution in [0.3, 0.4) is 0 Å². The fourth-order valence-electron chi connectivity index (χ4n) is 0.498. The van der Waals surface area contributed by atoms with E-state index in [0.29, 0.717) is 0 Å². The van der Waals surface area contributed by atoms with Gasteiger partial charge in [-0.1, -0.05) is 0 Å². The second kappa shape index (κ2) is 3.76. The van der Waals surface area contributed by atoms with E-state index in [1.807, 2.05) is 0 Å². The van der Waals surface area contributed by atoms with E-state index in [1.165, 1.54) is 20.9 Å². The average Bonchev–Trinajstić information content (AvgIpc) is 1.81. The monoisotopic (exact) mass is 142 g/mol. The van der Waals surface area contributed by atoms with Crippen molar-refractivity contribution in [1.82, 2.24) is 0 Å². The third-order valence-corrected chi connectivity index (χ3v) is 0.876. The van der Waals surface area contributed by atoms with Crippen molar-refractivity contribution >= 4 is 5.78 Å². The molecular weight excluding hydrogens is 132 g/mol. The van der Waals surface area contributed by atoms with Gasteiger partial charge in [0.2, 0.25) is 0 Å². The fraction of sp³-hybridized carbons (Fsp3) is 0.500. The first-order valence-corrected chi connectivity index (χ1v) is 2.80. The summed E-state index contributed by atoms with van der Waals surface area (Å²) in [6.07, 6.45) is 0. The highest BCUT2D eigenvalue weighted by molar-refractivity contribution is 5.93. The highest BCUT2D eigenvalue weighted by Crippen LogP contribution is 2.03. The number of azo groups is 1. The molecule has 0 radical (unpaired) electrons. The van der Waals surface area contributed by atoms with Crippen molar-refractivity contribution in [3.63, 3.8) is 0 Å². The van der Waals surface area contributed by atoms with E-state index in [4.69, 9.17) is 5.11 Å². The molecule has 0 saturated heterocycles. The van der Waals surface area contributed by atoms with Gasteiger partial charge in [-0.3, -0.25) is 4.79 Å². The second-order valence-corrected chi connectivity index (χ2v) is 1.79. The maximum absolute atomic E-state index is 10.6. The zero-order valence-corrected chi connectivity index (χ0v) is 6.25. The minimum atomic E-state index is -0.286. The van der Waals surface area contributed by atoms with Crippen LogP contribution in [-0.2, 0) is 4.79 Å². The number of allylic oxidation sites excluding steroid dienone is 2. The van der Waals surface area contributed by atoms with Gasteiger partial charge >= 0.3 is 0 Å². The highest BCUT2D eigenvalue weighted by Gasteiger charge is 2.04. The zero-order valence-electron chi connectivity index (χ0n) is 6.25. The molecule has 0 bridgehead atoms. The van der Waals surface area contributed by atoms with Gasteiger partial charge in [-0.25, -0.2) is 0 Å². The maximum atomic E-state index is 10.6. The molecule has 0 aromatic rings. The molecule has 0 fully saturated rings. The predicted molar refractivity (Wildman–Crippen MR) is 36.8 cm³/mol. The number of aliphatic hydroxyl groups excluding tert-OH is 1. The molecule has 0 aromatic carbocycles. The lowest BCUT2D eigenvalue weighted by Gasteiger charge is -1.93. The maximum Gasteiger partial charge on any atom is 0.183 e. The molecule has 4 nitrogen and oxygen atoms in total. The molecule has 0 heterocycles. The predicted octanol–water partition coefficient (Wildman–Crippen LogP) is 1.45. The molecule has 4 heteroatoms. The lowest BCUT2D eigenvalue weighted by atomic mass is 10.3. The van der Waals surface area contributed by atoms with Gasteiger partial charge < -0.3 is 5.11 Å². The number of carbonyl (C=O) groups excluding carboxylic acids is 1. The van der Waals surface area contributed by atoms with Gasteiger partial charge in [0.15, 0.2) is 11.5 Å². The van der Waals surface area contributed by atoms with Crippen LogP contribution in [0.4, 0.5) is 0 Å². The van der Waals surface area contributed by atoms with Crippen LogP contribution >= 0.6 is 0 Å². The number of hydrogen-bond acceptors (Lipinski definition) is 4. The van der Waals surface area contributed by atoms with Gasteiger partial charge in [0.25, 0.3) is 0 Å². The first-order chi connectivity index (χ1) is 4.59. The van der Waals surface area contributed by atoms with E-state index in [1.54, 1.807) is 0 Å². The summed E-state index contributed by atoms with van der Waals surface area (Å²) in [5.74, 6) is -0.385. The number of rotatable bonds is 2. The van der Waals surface area contributed by atoms with Gasteiger partial charge in [0.05, 0.1) is 0 Å². The number of Topliss-reactive ketones (excluding diaryl/α,β-unsaturated/α-hetero) is 1. The molecule has 0 aromatic heterocycles. The third-order valence-electron chi connectivity index (χ3n) is 0.876. The van der Waals surface area contributed by atoms with Gasteiger partial charge in [0, 0.05) is 14.0 Å². The van der Waals surface area contributed by atoms with Crippen LogP contribution in [0.1, 0.15) is 13.8 Å². The summed E-state index contributed by atoms with van der Waals surface area (Å²) in [6.45, 7) is 2.72. The number of hydrogen-bond donors (Lipinski definition) is 1. The Hall–Kier alpha value is -1.19. The summed E-state index contributed by atoms with van der Waals surface area (Å²) in [5, 5.41) is 15.6. The number of aliphatic hydroxyl groups is 1. The highest BCUT2D eigenvalue weighted by atomic mass is 16.3. The molecule has 0 aliphatic heterocycles. The summed E-state index contributed by atoms with van der Waals surface area (Å²) in [7, 11) is 1.44. The Balaban J connectivity index is 4.61. The normalized spacial score (nSPS) is 13.5. The summed E-state index contributed by atoms with van der Waals surface area (Å²) in [5.41, 5.74) is 0.0162. The molecule has 0 rings (SSSR count). The van der Waals surface area contributed by atoms with Crippen molar-refractivity contribution in [2.75, 3.05) is 7.05 Å². The van der Waals surface area contributed by atoms with E-state index in [2.05, 4.69) is 10.2 Å². The topological polar surface area (TPSA) is 62.0 Å². The van der Waals surface area contributed by atoms with E-state index < -0.39 is 0 Å². The molecule has 56 valence electrons. The lowest BCUT2D eigenvalue weighted by molar-refractivity contribution is -0.113. The fourth-order valence-corrected chi connectivity index (χ4v) is 0.498. The van der Waals surface area contributed by atoms with Crippen LogP contribution in [0.15, 0.2) is 21.7 Å². The summed E-state index contributed by atoms with van der Waals surface area (Å²) >= 11 is 0. The smallest absolute Gasteiger partial charge is 0.183 e. The van der Waals surface area contributed by atoms with E-state index >= 15 is 0 Å². The van der Waals surface area contributed by atoms with Gasteiger partial charge in [-0.2, -0.15) is 5.11 Å². The van der Waals surface area contributed by atoms with Gasteiger partial charge in [0.1, 0.15) is 5.76 Å². The first-order valence-electron chi connectivity index (χ1n) is 2.80. The minimum absolute atomic E-state index is 0.0162. The average molecular weight is 142 g/mol. The Morgan fingerprint density at radius 2 is 1.90 bits per heavy atom. The Morgan fingerprint density at radius 3 is 2.00 bits per heavy atom. The largest absolute Gasteiger partial charge is 0.510 e. The number of ketones is 1. The van der Waals surface area contributed by atoms with Crippen molar-refractivity contribution in [1.29, 1.82) is 0 Å². The second-order valence-electron chi connectivity index (χ2n) is 1.79. The lowest BCUT2D eigenvalue weighted by Crippen LogP contribution is -1.96. The third kappa shape index (κ3) is 2.39. The molecule has 0 spiro atoms. The van der Waals surface area contributed by atoms with Crippen molar-refractivity contribution in [3.05, 3.63) is 11.5 Å². The van der Waals surface area contributed by atoms with Crippen LogP contribution in [-0.4, -0.2) is 17.9 Å². The minimum Gasteiger partial charge on any atom is -0.510 e. The van der Waals surface area contributed by atoms with Crippen LogP contribution in [0, 0.1) is 0 Å². The first kappa shape index (κ1) is 8.81. The van der Waals surface area contributed by atoms with Crippen molar-refractivity contribution in [2.24, 2.45) is 10.2 Å². The van der Waals surface area contributed by atoms with Crippen LogP contribution in [0.25, 0.3) is 0 Å². The molecule has 0 amide bonds. The molecule has 0 aliphatic rings. The molecule has 0 aliphatic carbocycles. The molecule has 0 saturated carbocycles. The van der Waals surface area contributed by atoms with Crippen LogP contribution in [0.5, 0.6) is 0 Å². The van der Waals surface area contributed by atoms with Crippen LogP contribution in [0.2, 0.25) is 0 Å². The molecule has 0 atom stereocenters. The van der Waals surface area contributed by atoms with Crippen LogP contribution < -0.4 is 0 Å². The van der Waals surface area contributed by atoms with Crippen molar-refractivity contribution in [3.8, 4) is 0 Å². The molecule has 10 heavy (non-hydrogen) atoms. The molecule has 0 unspecified atom stereocenters. The Labute approximate surface area is 59.3 Å². The number of nitrogens with zero attached hydrogens (tertiary/aromatic N) is 2. The van der Waals surface area contributed by atoms with Gasteiger partial charge in [-0.15, -0.1) is 5.11 Å². The Morgan fingerprint density at radius 1 is 1.40 bits per heavy atom. The summed E-state index contributed by atoms with van der Waals surface area (Å²) < 4.78 is 0. The summed E-state index contributed by atoms with van der Waals surface area (Å²) in [4.78, 5) is 10.6. The van der Waals surface area contributed by atoms with Crippen molar-refractivity contribution in [2.45, 2.75) is 13.8 Å². The quantitative estimate of drug-likeness (QED) is 0.360. The van der Waals surface area contributed by atoms with Crippen molar-refractivity contribution < 1.29 is 9.90 Å². The Kier molecular flexibility index (Phi) is 3.32. The zero-order chi connectivity index (χ0) is 8.15. The van der Waals surface area contributed by atoms with E-state index in [0.717, 1.165) is 0 Å². The van der Waals surface area contributed by atoms with E-state index in [9.17, 15) is 4.79 Å². The standard InChI is InChI=1S/C6H10N2O2/c1-4(9)6(5(2)10)8-7-3/h9H,1-3H3. The Bertz CT molecular complexity index is 190. The summed E-state index contributed by atoms with van der Waals surface area (Å²) in [6, 6.07) is 0. The SMILES string of the molecule is CN=NC(C(C)=O)=C(C)O. The van der Waals surface area contributed by atoms with E-state index in [-0.39, 0.29) is 17.2 Å². The molecular formula is C6H10N2O2. The number of carbonyl (C=O) groups is 1. The molecule has 1 N–H and O–H groups in total. The van der Waals surface area contributed by atoms with Gasteiger partial charge in [-0.05, 0) is 6.92 Å².